The molecule has 1 N–H and O–H groups in total. The molecule has 3 fully saturated rings. The highest BCUT2D eigenvalue weighted by Crippen LogP contribution is 2.39. The molecule has 0 radical (unpaired) electrons. The van der Waals surface area contributed by atoms with Gasteiger partial charge in [-0.05, 0) is 19.4 Å². The minimum Gasteiger partial charge on any atom is -0.454 e. The largest absolute Gasteiger partial charge is 0.454 e. The van der Waals surface area contributed by atoms with Gasteiger partial charge in [0.05, 0.1) is 25.4 Å². The van der Waals surface area contributed by atoms with Crippen molar-refractivity contribution in [3.05, 3.63) is 71.8 Å². The second kappa shape index (κ2) is 12.4. The highest BCUT2D eigenvalue weighted by molar-refractivity contribution is 5.66. The van der Waals surface area contributed by atoms with Crippen LogP contribution in [-0.2, 0) is 44.6 Å². The van der Waals surface area contributed by atoms with Crippen molar-refractivity contribution in [2.75, 3.05) is 6.61 Å². The van der Waals surface area contributed by atoms with Crippen molar-refractivity contribution >= 4 is 5.97 Å². The summed E-state index contributed by atoms with van der Waals surface area (Å²) in [5.41, 5.74) is 1.88. The van der Waals surface area contributed by atoms with Crippen LogP contribution in [0.25, 0.3) is 0 Å². The van der Waals surface area contributed by atoms with Crippen molar-refractivity contribution in [2.24, 2.45) is 5.92 Å². The van der Waals surface area contributed by atoms with Gasteiger partial charge >= 0.3 is 5.97 Å². The molecule has 0 bridgehead atoms. The van der Waals surface area contributed by atoms with E-state index in [9.17, 15) is 9.90 Å². The summed E-state index contributed by atoms with van der Waals surface area (Å²) in [4.78, 5) is 12.0. The summed E-state index contributed by atoms with van der Waals surface area (Å²) in [5.74, 6) is -0.790. The fourth-order valence-corrected chi connectivity index (χ4v) is 5.43. The van der Waals surface area contributed by atoms with Crippen LogP contribution in [0.5, 0.6) is 0 Å². The number of aliphatic hydroxyl groups is 1. The van der Waals surface area contributed by atoms with E-state index in [4.69, 9.17) is 33.2 Å². The lowest BCUT2D eigenvalue weighted by Crippen LogP contribution is -2.65. The minimum atomic E-state index is -1.03. The van der Waals surface area contributed by atoms with E-state index in [2.05, 4.69) is 0 Å². The predicted octanol–water partition coefficient (Wildman–Crippen LogP) is 3.53. The molecule has 8 unspecified atom stereocenters. The quantitative estimate of drug-likeness (QED) is 0.527. The van der Waals surface area contributed by atoms with Gasteiger partial charge in [0, 0.05) is 18.4 Å². The summed E-state index contributed by atoms with van der Waals surface area (Å²) in [6.07, 6.45) is -6.53. The lowest BCUT2D eigenvalue weighted by molar-refractivity contribution is -0.370. The highest BCUT2D eigenvalue weighted by Gasteiger charge is 2.53. The Morgan fingerprint density at radius 3 is 2.28 bits per heavy atom. The van der Waals surface area contributed by atoms with Crippen molar-refractivity contribution in [1.82, 2.24) is 0 Å². The number of fused-ring (bicyclic) bond motifs is 1. The van der Waals surface area contributed by atoms with Gasteiger partial charge in [-0.3, -0.25) is 4.79 Å². The molecule has 0 saturated carbocycles. The molecule has 39 heavy (non-hydrogen) atoms. The van der Waals surface area contributed by atoms with Crippen molar-refractivity contribution in [3.63, 3.8) is 0 Å². The fraction of sp³-hybridized carbons (Fsp3) is 0.567. The number of rotatable bonds is 7. The lowest BCUT2D eigenvalue weighted by Gasteiger charge is -2.50. The maximum absolute atomic E-state index is 12.0. The molecule has 212 valence electrons. The monoisotopic (exact) mass is 542 g/mol. The van der Waals surface area contributed by atoms with E-state index in [0.29, 0.717) is 13.2 Å². The Bertz CT molecular complexity index is 1070. The van der Waals surface area contributed by atoms with Gasteiger partial charge < -0.3 is 38.3 Å². The minimum absolute atomic E-state index is 0.262. The van der Waals surface area contributed by atoms with Gasteiger partial charge in [0.2, 0.25) is 0 Å². The van der Waals surface area contributed by atoms with Crippen LogP contribution in [-0.4, -0.2) is 72.8 Å². The molecule has 5 rings (SSSR count). The molecule has 0 aromatic heterocycles. The first-order chi connectivity index (χ1) is 18.8. The Balaban J connectivity index is 1.43. The van der Waals surface area contributed by atoms with E-state index in [1.54, 1.807) is 0 Å². The Hall–Kier alpha value is -2.37. The first kappa shape index (κ1) is 28.2. The van der Waals surface area contributed by atoms with Crippen LogP contribution in [0.3, 0.4) is 0 Å². The topological polar surface area (TPSA) is 102 Å². The lowest BCUT2D eigenvalue weighted by atomic mass is 9.90. The molecule has 3 aliphatic heterocycles. The van der Waals surface area contributed by atoms with Crippen molar-refractivity contribution in [3.8, 4) is 0 Å². The molecular weight excluding hydrogens is 504 g/mol. The van der Waals surface area contributed by atoms with Gasteiger partial charge in [-0.25, -0.2) is 0 Å². The molecule has 0 amide bonds. The third-order valence-corrected chi connectivity index (χ3v) is 7.74. The molecule has 3 heterocycles. The highest BCUT2D eigenvalue weighted by atomic mass is 16.8. The number of ether oxygens (including phenoxy) is 7. The molecule has 0 spiro atoms. The van der Waals surface area contributed by atoms with Gasteiger partial charge in [-0.1, -0.05) is 67.6 Å². The smallest absolute Gasteiger partial charge is 0.303 e. The summed E-state index contributed by atoms with van der Waals surface area (Å²) >= 11 is 0. The number of hydrogen-bond acceptors (Lipinski definition) is 9. The van der Waals surface area contributed by atoms with Crippen LogP contribution in [0, 0.1) is 5.92 Å². The number of carbonyl (C=O) groups is 1. The van der Waals surface area contributed by atoms with E-state index in [1.165, 1.54) is 6.92 Å². The van der Waals surface area contributed by atoms with Crippen molar-refractivity contribution in [2.45, 2.75) is 95.7 Å². The van der Waals surface area contributed by atoms with Gasteiger partial charge in [0.1, 0.15) is 30.5 Å². The normalized spacial score (nSPS) is 38.5. The molecule has 11 atom stereocenters. The molecule has 3 saturated heterocycles. The maximum Gasteiger partial charge on any atom is 0.303 e. The van der Waals surface area contributed by atoms with Crippen LogP contribution in [0.2, 0.25) is 0 Å². The van der Waals surface area contributed by atoms with E-state index in [-0.39, 0.29) is 18.1 Å². The number of carbonyl (C=O) groups excluding carboxylic acids is 1. The fourth-order valence-electron chi connectivity index (χ4n) is 5.43. The predicted molar refractivity (Wildman–Crippen MR) is 139 cm³/mol. The summed E-state index contributed by atoms with van der Waals surface area (Å²) in [7, 11) is 0. The van der Waals surface area contributed by atoms with Crippen molar-refractivity contribution in [1.29, 1.82) is 0 Å². The first-order valence-electron chi connectivity index (χ1n) is 13.6. The average Bonchev–Trinajstić information content (AvgIpc) is 2.94. The van der Waals surface area contributed by atoms with Gasteiger partial charge in [0.25, 0.3) is 0 Å². The summed E-state index contributed by atoms with van der Waals surface area (Å²) < 4.78 is 43.5. The van der Waals surface area contributed by atoms with Gasteiger partial charge in [-0.15, -0.1) is 0 Å². The van der Waals surface area contributed by atoms with E-state index < -0.39 is 55.2 Å². The number of aliphatic hydroxyl groups excluding tert-OH is 1. The van der Waals surface area contributed by atoms with Crippen LogP contribution < -0.4 is 0 Å². The molecule has 0 aliphatic carbocycles. The zero-order valence-corrected chi connectivity index (χ0v) is 22.8. The molecule has 9 nitrogen and oxygen atoms in total. The summed E-state index contributed by atoms with van der Waals surface area (Å²) in [6.45, 7) is 7.59. The molecule has 9 heteroatoms. The van der Waals surface area contributed by atoms with Gasteiger partial charge in [0.15, 0.2) is 18.7 Å². The Morgan fingerprint density at radius 1 is 0.897 bits per heavy atom. The SMILES string of the molecule is CC(=O)OC1C(O[C@@H]2C(OCc3ccccc3)[C@H](C)OC3COC(c4ccccc4)O[C@H]32)OC(C)C(C)C1O. The number of benzene rings is 2. The van der Waals surface area contributed by atoms with E-state index in [1.807, 2.05) is 81.4 Å². The number of hydrogen-bond donors (Lipinski definition) is 1. The Kier molecular flexibility index (Phi) is 8.98. The standard InChI is InChI=1S/C30H38O9/c1-17-18(2)36-30(27(24(17)32)37-20(4)31)39-28-25(33-15-21-11-7-5-8-12-21)19(3)35-23-16-34-29(38-26(23)28)22-13-9-6-10-14-22/h5-14,17-19,23-30,32H,15-16H2,1-4H3/t17?,18?,19-,23?,24?,25?,26+,27?,28+,29?,30?/m0/s1. The third-order valence-electron chi connectivity index (χ3n) is 7.74. The number of esters is 1. The second-order valence-corrected chi connectivity index (χ2v) is 10.6. The van der Waals surface area contributed by atoms with Crippen LogP contribution >= 0.6 is 0 Å². The van der Waals surface area contributed by atoms with Crippen LogP contribution in [0.4, 0.5) is 0 Å². The zero-order valence-electron chi connectivity index (χ0n) is 22.8. The van der Waals surface area contributed by atoms with Gasteiger partial charge in [-0.2, -0.15) is 0 Å². The molecule has 3 aliphatic rings. The molecule has 2 aromatic rings. The van der Waals surface area contributed by atoms with E-state index >= 15 is 0 Å². The second-order valence-electron chi connectivity index (χ2n) is 10.6. The van der Waals surface area contributed by atoms with E-state index in [0.717, 1.165) is 11.1 Å². The first-order valence-corrected chi connectivity index (χ1v) is 13.6. The summed E-state index contributed by atoms with van der Waals surface area (Å²) in [6, 6.07) is 19.5. The zero-order chi connectivity index (χ0) is 27.5. The average molecular weight is 543 g/mol. The van der Waals surface area contributed by atoms with Crippen LogP contribution in [0.1, 0.15) is 45.1 Å². The van der Waals surface area contributed by atoms with Crippen molar-refractivity contribution < 1.29 is 43.1 Å². The maximum atomic E-state index is 12.0. The van der Waals surface area contributed by atoms with Crippen LogP contribution in [0.15, 0.2) is 60.7 Å². The molecular formula is C30H38O9. The third kappa shape index (κ3) is 6.36. The Labute approximate surface area is 229 Å². The Morgan fingerprint density at radius 2 is 1.59 bits per heavy atom. The summed E-state index contributed by atoms with van der Waals surface area (Å²) in [5, 5.41) is 11.0. The molecule has 2 aromatic carbocycles.